The molecule has 0 aliphatic heterocycles. The number of aliphatic hydroxyl groups is 1. The van der Waals surface area contributed by atoms with Crippen LogP contribution in [0.25, 0.3) is 10.8 Å². The number of fused-ring (bicyclic) bond motifs is 1. The summed E-state index contributed by atoms with van der Waals surface area (Å²) in [6, 6.07) is 7.99. The number of anilines is 1. The van der Waals surface area contributed by atoms with Crippen molar-refractivity contribution in [2.45, 2.75) is 0 Å². The van der Waals surface area contributed by atoms with E-state index in [9.17, 15) is 0 Å². The zero-order valence-electron chi connectivity index (χ0n) is 7.77. The van der Waals surface area contributed by atoms with Crippen LogP contribution >= 0.6 is 0 Å². The maximum absolute atomic E-state index is 8.72. The topological polar surface area (TPSA) is 45.1 Å². The zero-order chi connectivity index (χ0) is 9.80. The third-order valence-electron chi connectivity index (χ3n) is 2.11. The van der Waals surface area contributed by atoms with E-state index in [1.165, 1.54) is 0 Å². The minimum atomic E-state index is 0.136. The van der Waals surface area contributed by atoms with Crippen LogP contribution in [0.4, 0.5) is 5.69 Å². The van der Waals surface area contributed by atoms with E-state index >= 15 is 0 Å². The van der Waals surface area contributed by atoms with Crippen molar-refractivity contribution in [2.24, 2.45) is 0 Å². The minimum absolute atomic E-state index is 0.136. The summed E-state index contributed by atoms with van der Waals surface area (Å²) in [6.45, 7) is 0.699. The van der Waals surface area contributed by atoms with Crippen molar-refractivity contribution in [1.29, 1.82) is 0 Å². The average molecular weight is 188 g/mol. The molecule has 0 spiro atoms. The van der Waals surface area contributed by atoms with E-state index in [2.05, 4.69) is 10.3 Å². The largest absolute Gasteiger partial charge is 0.395 e. The van der Waals surface area contributed by atoms with Gasteiger partial charge in [0.1, 0.15) is 0 Å². The fraction of sp³-hybridized carbons (Fsp3) is 0.182. The van der Waals surface area contributed by atoms with Crippen molar-refractivity contribution in [2.75, 3.05) is 18.5 Å². The molecule has 1 aromatic carbocycles. The number of hydrogen-bond donors (Lipinski definition) is 2. The van der Waals surface area contributed by atoms with Crippen molar-refractivity contribution in [3.8, 4) is 0 Å². The van der Waals surface area contributed by atoms with Crippen LogP contribution in [0.5, 0.6) is 0 Å². The smallest absolute Gasteiger partial charge is 0.0604 e. The Morgan fingerprint density at radius 3 is 3.07 bits per heavy atom. The van der Waals surface area contributed by atoms with Crippen LogP contribution in [0, 0.1) is 0 Å². The zero-order valence-corrected chi connectivity index (χ0v) is 7.77. The highest BCUT2D eigenvalue weighted by Crippen LogP contribution is 2.21. The van der Waals surface area contributed by atoms with Gasteiger partial charge >= 0.3 is 0 Å². The van der Waals surface area contributed by atoms with Gasteiger partial charge in [0.05, 0.1) is 6.61 Å². The van der Waals surface area contributed by atoms with Gasteiger partial charge in [0, 0.05) is 30.0 Å². The van der Waals surface area contributed by atoms with E-state index in [0.29, 0.717) is 6.54 Å². The van der Waals surface area contributed by atoms with Crippen LogP contribution in [0.1, 0.15) is 0 Å². The van der Waals surface area contributed by atoms with Gasteiger partial charge in [-0.1, -0.05) is 12.1 Å². The molecule has 2 aromatic rings. The molecule has 0 atom stereocenters. The normalized spacial score (nSPS) is 10.4. The van der Waals surface area contributed by atoms with Crippen molar-refractivity contribution in [3.05, 3.63) is 36.7 Å². The molecule has 0 radical (unpaired) electrons. The van der Waals surface area contributed by atoms with E-state index in [0.717, 1.165) is 16.5 Å². The molecule has 0 bridgehead atoms. The summed E-state index contributed by atoms with van der Waals surface area (Å²) in [5, 5.41) is 14.1. The molecule has 14 heavy (non-hydrogen) atoms. The molecule has 1 aromatic heterocycles. The Balaban J connectivity index is 2.43. The predicted octanol–water partition coefficient (Wildman–Crippen LogP) is 1.64. The molecule has 72 valence electrons. The fourth-order valence-electron chi connectivity index (χ4n) is 1.46. The van der Waals surface area contributed by atoms with Gasteiger partial charge in [-0.2, -0.15) is 0 Å². The second-order valence-electron chi connectivity index (χ2n) is 3.05. The fourth-order valence-corrected chi connectivity index (χ4v) is 1.46. The molecule has 1 heterocycles. The Hall–Kier alpha value is -1.61. The van der Waals surface area contributed by atoms with Gasteiger partial charge in [-0.3, -0.25) is 4.98 Å². The second kappa shape index (κ2) is 4.07. The van der Waals surface area contributed by atoms with Crippen molar-refractivity contribution < 1.29 is 5.11 Å². The summed E-state index contributed by atoms with van der Waals surface area (Å²) in [7, 11) is 0. The lowest BCUT2D eigenvalue weighted by atomic mass is 10.1. The maximum atomic E-state index is 8.72. The van der Waals surface area contributed by atoms with E-state index in [4.69, 9.17) is 5.11 Å². The van der Waals surface area contributed by atoms with E-state index < -0.39 is 0 Å². The first kappa shape index (κ1) is 8.97. The summed E-state index contributed by atoms with van der Waals surface area (Å²) >= 11 is 0. The number of aromatic nitrogens is 1. The average Bonchev–Trinajstić information content (AvgIpc) is 2.26. The number of rotatable bonds is 3. The molecule has 0 saturated heterocycles. The minimum Gasteiger partial charge on any atom is -0.395 e. The van der Waals surface area contributed by atoms with Crippen LogP contribution in [-0.2, 0) is 0 Å². The van der Waals surface area contributed by atoms with Gasteiger partial charge in [0.15, 0.2) is 0 Å². The number of benzene rings is 1. The molecular weight excluding hydrogens is 176 g/mol. The molecule has 0 unspecified atom stereocenters. The molecule has 0 aliphatic rings. The lowest BCUT2D eigenvalue weighted by Gasteiger charge is -2.07. The van der Waals surface area contributed by atoms with Crippen LogP contribution in [-0.4, -0.2) is 23.2 Å². The van der Waals surface area contributed by atoms with Gasteiger partial charge in [-0.25, -0.2) is 0 Å². The Morgan fingerprint density at radius 1 is 1.29 bits per heavy atom. The molecule has 2 N–H and O–H groups in total. The second-order valence-corrected chi connectivity index (χ2v) is 3.05. The lowest BCUT2D eigenvalue weighted by Crippen LogP contribution is -2.05. The highest BCUT2D eigenvalue weighted by Gasteiger charge is 1.98. The van der Waals surface area contributed by atoms with Crippen LogP contribution in [0.3, 0.4) is 0 Å². The summed E-state index contributed by atoms with van der Waals surface area (Å²) in [4.78, 5) is 4.08. The molecule has 0 fully saturated rings. The maximum Gasteiger partial charge on any atom is 0.0604 e. The monoisotopic (exact) mass is 188 g/mol. The number of pyridine rings is 1. The van der Waals surface area contributed by atoms with Crippen LogP contribution < -0.4 is 5.32 Å². The Bertz CT molecular complexity index is 423. The molecular formula is C11H12N2O. The predicted molar refractivity (Wildman–Crippen MR) is 57.3 cm³/mol. The van der Waals surface area contributed by atoms with Crippen LogP contribution in [0.2, 0.25) is 0 Å². The molecule has 3 nitrogen and oxygen atoms in total. The Kier molecular flexibility index (Phi) is 2.60. The quantitative estimate of drug-likeness (QED) is 0.769. The standard InChI is InChI=1S/C11H12N2O/c14-7-6-13-11-3-1-2-9-4-5-12-8-10(9)11/h1-5,8,13-14H,6-7H2. The van der Waals surface area contributed by atoms with E-state index in [1.54, 1.807) is 6.20 Å². The first-order valence-electron chi connectivity index (χ1n) is 4.59. The van der Waals surface area contributed by atoms with Gasteiger partial charge in [0.25, 0.3) is 0 Å². The number of aliphatic hydroxyl groups excluding tert-OH is 1. The molecule has 0 amide bonds. The third-order valence-corrected chi connectivity index (χ3v) is 2.11. The highest BCUT2D eigenvalue weighted by molar-refractivity contribution is 5.92. The Labute approximate surface area is 82.4 Å². The number of nitrogens with one attached hydrogen (secondary N) is 1. The number of nitrogens with zero attached hydrogens (tertiary/aromatic N) is 1. The summed E-state index contributed by atoms with van der Waals surface area (Å²) < 4.78 is 0. The van der Waals surface area contributed by atoms with Gasteiger partial charge in [0.2, 0.25) is 0 Å². The van der Waals surface area contributed by atoms with Crippen LogP contribution in [0.15, 0.2) is 36.7 Å². The number of hydrogen-bond acceptors (Lipinski definition) is 3. The molecule has 0 saturated carbocycles. The third kappa shape index (κ3) is 1.67. The highest BCUT2D eigenvalue weighted by atomic mass is 16.3. The molecule has 0 aliphatic carbocycles. The van der Waals surface area contributed by atoms with Crippen molar-refractivity contribution >= 4 is 16.5 Å². The summed E-state index contributed by atoms with van der Waals surface area (Å²) in [5.74, 6) is 0. The first-order chi connectivity index (χ1) is 6.92. The first-order valence-corrected chi connectivity index (χ1v) is 4.59. The summed E-state index contributed by atoms with van der Waals surface area (Å²) in [5.41, 5.74) is 1.02. The van der Waals surface area contributed by atoms with Gasteiger partial charge in [-0.15, -0.1) is 0 Å². The van der Waals surface area contributed by atoms with Crippen molar-refractivity contribution in [1.82, 2.24) is 4.98 Å². The van der Waals surface area contributed by atoms with E-state index in [-0.39, 0.29) is 6.61 Å². The van der Waals surface area contributed by atoms with Gasteiger partial charge < -0.3 is 10.4 Å². The summed E-state index contributed by atoms with van der Waals surface area (Å²) in [6.07, 6.45) is 3.60. The van der Waals surface area contributed by atoms with Crippen molar-refractivity contribution in [3.63, 3.8) is 0 Å². The SMILES string of the molecule is OCCNc1cccc2ccncc12. The van der Waals surface area contributed by atoms with E-state index in [1.807, 2.05) is 30.5 Å². The molecule has 2 rings (SSSR count). The molecule has 3 heteroatoms. The Morgan fingerprint density at radius 2 is 2.21 bits per heavy atom. The lowest BCUT2D eigenvalue weighted by molar-refractivity contribution is 0.311. The van der Waals surface area contributed by atoms with Gasteiger partial charge in [-0.05, 0) is 17.5 Å².